The topological polar surface area (TPSA) is 42.8 Å². The Balaban J connectivity index is 1.90. The van der Waals surface area contributed by atoms with Gasteiger partial charge >= 0.3 is 0 Å². The summed E-state index contributed by atoms with van der Waals surface area (Å²) < 4.78 is 21.8. The van der Waals surface area contributed by atoms with Gasteiger partial charge in [0, 0.05) is 10.8 Å². The molecule has 5 aromatic rings. The molecule has 0 N–H and O–H groups in total. The van der Waals surface area contributed by atoms with Crippen molar-refractivity contribution in [3.8, 4) is 11.3 Å². The number of hydrogen-bond acceptors (Lipinski definition) is 3. The Hall–Kier alpha value is -3.34. The van der Waals surface area contributed by atoms with Crippen molar-refractivity contribution >= 4 is 33.0 Å². The van der Waals surface area contributed by atoms with Gasteiger partial charge in [-0.1, -0.05) is 32.0 Å². The van der Waals surface area contributed by atoms with E-state index in [-0.39, 0.29) is 0 Å². The first-order valence-electron chi connectivity index (χ1n) is 9.71. The van der Waals surface area contributed by atoms with Crippen LogP contribution in [-0.2, 0) is 7.05 Å². The van der Waals surface area contributed by atoms with Gasteiger partial charge in [-0.05, 0) is 53.2 Å². The van der Waals surface area contributed by atoms with Crippen molar-refractivity contribution in [1.82, 2.24) is 9.97 Å². The van der Waals surface area contributed by atoms with Crippen molar-refractivity contribution in [1.29, 1.82) is 0 Å². The molecule has 5 heteroatoms. The minimum atomic E-state index is -0.545. The van der Waals surface area contributed by atoms with E-state index in [1.165, 1.54) is 11.6 Å². The average molecular weight is 386 g/mol. The molecule has 0 saturated heterocycles. The Morgan fingerprint density at radius 3 is 2.55 bits per heavy atom. The van der Waals surface area contributed by atoms with Gasteiger partial charge in [0.25, 0.3) is 6.33 Å². The second-order valence-electron chi connectivity index (χ2n) is 7.86. The van der Waals surface area contributed by atoms with Crippen molar-refractivity contribution in [3.05, 3.63) is 65.9 Å². The standard InChI is InChI=1S/C24H21FN3O/c1-13(2)15-6-8-18-19(11-15)26-12-28(4)22(18)21-14(3)5-7-16-17-9-10-20(25)27-24(17)29-23(16)21/h5-13H,1-4H3/q+1. The number of pyridine rings is 1. The van der Waals surface area contributed by atoms with E-state index in [0.29, 0.717) is 17.2 Å². The highest BCUT2D eigenvalue weighted by Crippen LogP contribution is 2.38. The van der Waals surface area contributed by atoms with Gasteiger partial charge in [0.2, 0.25) is 11.7 Å². The maximum absolute atomic E-state index is 13.7. The van der Waals surface area contributed by atoms with Crippen molar-refractivity contribution in [2.75, 3.05) is 0 Å². The number of benzene rings is 2. The van der Waals surface area contributed by atoms with E-state index in [0.717, 1.165) is 38.5 Å². The Labute approximate surface area is 167 Å². The Kier molecular flexibility index (Phi) is 3.88. The van der Waals surface area contributed by atoms with Gasteiger partial charge in [0.1, 0.15) is 11.3 Å². The molecule has 0 spiro atoms. The molecule has 0 aliphatic rings. The largest absolute Gasteiger partial charge is 0.437 e. The summed E-state index contributed by atoms with van der Waals surface area (Å²) in [7, 11) is 1.98. The van der Waals surface area contributed by atoms with Crippen LogP contribution in [0.1, 0.15) is 30.9 Å². The minimum Gasteiger partial charge on any atom is -0.437 e. The molecule has 0 aliphatic carbocycles. The van der Waals surface area contributed by atoms with Crippen LogP contribution in [0.4, 0.5) is 4.39 Å². The SMILES string of the molecule is Cc1ccc2c(oc3nc(F)ccc32)c1-c1c2ccc(C(C)C)cc2nc[n+]1C. The normalized spacial score (nSPS) is 11.9. The minimum absolute atomic E-state index is 0.315. The summed E-state index contributed by atoms with van der Waals surface area (Å²) in [6.45, 7) is 6.41. The first-order chi connectivity index (χ1) is 13.9. The van der Waals surface area contributed by atoms with E-state index >= 15 is 0 Å². The first kappa shape index (κ1) is 17.7. The van der Waals surface area contributed by atoms with E-state index in [2.05, 4.69) is 55.0 Å². The summed E-state index contributed by atoms with van der Waals surface area (Å²) in [5, 5.41) is 2.79. The third-order valence-corrected chi connectivity index (χ3v) is 5.58. The summed E-state index contributed by atoms with van der Waals surface area (Å²) in [4.78, 5) is 8.59. The number of aromatic nitrogens is 3. The number of aryl methyl sites for hydroxylation is 2. The van der Waals surface area contributed by atoms with Gasteiger partial charge in [-0.15, -0.1) is 0 Å². The molecule has 3 aromatic heterocycles. The molecule has 4 nitrogen and oxygen atoms in total. The highest BCUT2D eigenvalue weighted by molar-refractivity contribution is 6.10. The van der Waals surface area contributed by atoms with Crippen LogP contribution in [0.15, 0.2) is 53.2 Å². The van der Waals surface area contributed by atoms with Crippen LogP contribution in [0.2, 0.25) is 0 Å². The first-order valence-corrected chi connectivity index (χ1v) is 9.71. The van der Waals surface area contributed by atoms with Gasteiger partial charge < -0.3 is 4.42 Å². The van der Waals surface area contributed by atoms with Gasteiger partial charge in [0.15, 0.2) is 5.52 Å². The van der Waals surface area contributed by atoms with Crippen molar-refractivity contribution < 1.29 is 13.4 Å². The van der Waals surface area contributed by atoms with E-state index in [4.69, 9.17) is 4.42 Å². The highest BCUT2D eigenvalue weighted by Gasteiger charge is 2.23. The van der Waals surface area contributed by atoms with Crippen LogP contribution in [0.5, 0.6) is 0 Å². The van der Waals surface area contributed by atoms with Crippen LogP contribution in [-0.4, -0.2) is 9.97 Å². The number of hydrogen-bond donors (Lipinski definition) is 0. The number of fused-ring (bicyclic) bond motifs is 4. The third kappa shape index (κ3) is 2.69. The molecular formula is C24H21FN3O+. The molecule has 0 unspecified atom stereocenters. The van der Waals surface area contributed by atoms with Crippen LogP contribution in [0, 0.1) is 12.9 Å². The molecule has 0 atom stereocenters. The zero-order valence-electron chi connectivity index (χ0n) is 16.8. The Morgan fingerprint density at radius 2 is 1.76 bits per heavy atom. The second-order valence-corrected chi connectivity index (χ2v) is 7.86. The smallest absolute Gasteiger partial charge is 0.287 e. The zero-order valence-corrected chi connectivity index (χ0v) is 16.8. The lowest BCUT2D eigenvalue weighted by Crippen LogP contribution is -2.32. The molecule has 0 bridgehead atoms. The van der Waals surface area contributed by atoms with Crippen LogP contribution < -0.4 is 4.57 Å². The molecule has 29 heavy (non-hydrogen) atoms. The molecule has 0 fully saturated rings. The molecule has 3 heterocycles. The van der Waals surface area contributed by atoms with E-state index < -0.39 is 5.95 Å². The summed E-state index contributed by atoms with van der Waals surface area (Å²) in [5.74, 6) is -0.115. The fraction of sp³-hybridized carbons (Fsp3) is 0.208. The highest BCUT2D eigenvalue weighted by atomic mass is 19.1. The molecule has 144 valence electrons. The van der Waals surface area contributed by atoms with Crippen molar-refractivity contribution in [2.24, 2.45) is 7.05 Å². The quantitative estimate of drug-likeness (QED) is 0.293. The molecule has 5 rings (SSSR count). The molecule has 0 amide bonds. The summed E-state index contributed by atoms with van der Waals surface area (Å²) in [6, 6.07) is 13.6. The molecule has 2 aromatic carbocycles. The van der Waals surface area contributed by atoms with Crippen molar-refractivity contribution in [3.63, 3.8) is 0 Å². The van der Waals surface area contributed by atoms with Crippen LogP contribution in [0.3, 0.4) is 0 Å². The molecule has 0 radical (unpaired) electrons. The summed E-state index contributed by atoms with van der Waals surface area (Å²) in [5.41, 5.74) is 6.31. The predicted octanol–water partition coefficient (Wildman–Crippen LogP) is 5.59. The maximum atomic E-state index is 13.7. The molecule has 0 saturated carbocycles. The maximum Gasteiger partial charge on any atom is 0.287 e. The average Bonchev–Trinajstić information content (AvgIpc) is 3.05. The van der Waals surface area contributed by atoms with Crippen LogP contribution in [0.25, 0.3) is 44.2 Å². The lowest BCUT2D eigenvalue weighted by atomic mass is 9.96. The Morgan fingerprint density at radius 1 is 1.00 bits per heavy atom. The van der Waals surface area contributed by atoms with Crippen LogP contribution >= 0.6 is 0 Å². The van der Waals surface area contributed by atoms with Gasteiger partial charge in [-0.25, -0.2) is 4.57 Å². The monoisotopic (exact) mass is 386 g/mol. The van der Waals surface area contributed by atoms with Gasteiger partial charge in [-0.2, -0.15) is 9.37 Å². The third-order valence-electron chi connectivity index (χ3n) is 5.58. The Bertz CT molecular complexity index is 1420. The summed E-state index contributed by atoms with van der Waals surface area (Å²) >= 11 is 0. The summed E-state index contributed by atoms with van der Waals surface area (Å²) in [6.07, 6.45) is 1.83. The fourth-order valence-electron chi connectivity index (χ4n) is 4.01. The predicted molar refractivity (Wildman–Crippen MR) is 112 cm³/mol. The number of nitrogens with zero attached hydrogens (tertiary/aromatic N) is 3. The number of rotatable bonds is 2. The van der Waals surface area contributed by atoms with E-state index in [1.54, 1.807) is 6.07 Å². The number of furan rings is 1. The molecule has 0 aliphatic heterocycles. The number of halogens is 1. The lowest BCUT2D eigenvalue weighted by Gasteiger charge is -2.11. The zero-order chi connectivity index (χ0) is 20.3. The lowest BCUT2D eigenvalue weighted by molar-refractivity contribution is -0.662. The second kappa shape index (κ2) is 6.34. The van der Waals surface area contributed by atoms with E-state index in [1.807, 2.05) is 24.0 Å². The fourth-order valence-corrected chi connectivity index (χ4v) is 4.01. The van der Waals surface area contributed by atoms with Gasteiger partial charge in [-0.3, -0.25) is 0 Å². The van der Waals surface area contributed by atoms with E-state index in [9.17, 15) is 4.39 Å². The molecular weight excluding hydrogens is 365 g/mol. The van der Waals surface area contributed by atoms with Crippen molar-refractivity contribution in [2.45, 2.75) is 26.7 Å². The van der Waals surface area contributed by atoms with Gasteiger partial charge in [0.05, 0.1) is 18.0 Å².